The highest BCUT2D eigenvalue weighted by Gasteiger charge is 1.92. The predicted octanol–water partition coefficient (Wildman–Crippen LogP) is 5.95. The van der Waals surface area contributed by atoms with Gasteiger partial charge in [0.1, 0.15) is 0 Å². The molecule has 0 radical (unpaired) electrons. The smallest absolute Gasteiger partial charge is 0.0437 e. The van der Waals surface area contributed by atoms with Crippen LogP contribution in [-0.2, 0) is 4.74 Å². The van der Waals surface area contributed by atoms with Crippen molar-refractivity contribution in [2.45, 2.75) is 97.8 Å². The molecule has 0 aromatic carbocycles. The van der Waals surface area contributed by atoms with Crippen LogP contribution in [0.25, 0.3) is 0 Å². The molecule has 0 aromatic rings. The molecule has 0 aliphatic rings. The van der Waals surface area contributed by atoms with Gasteiger partial charge in [-0.15, -0.1) is 0 Å². The minimum absolute atomic E-state index is 0.844. The maximum atomic E-state index is 4.83. The van der Waals surface area contributed by atoms with Gasteiger partial charge in [0.2, 0.25) is 0 Å². The Morgan fingerprint density at radius 3 is 1.24 bits per heavy atom. The monoisotopic (exact) mass is 301 g/mol. The molecule has 0 saturated carbocycles. The minimum atomic E-state index is 0.844. The third-order valence-electron chi connectivity index (χ3n) is 3.69. The lowest BCUT2D eigenvalue weighted by atomic mass is 10.1. The number of hydrogen-bond acceptors (Lipinski definition) is 2. The van der Waals surface area contributed by atoms with Crippen molar-refractivity contribution in [3.63, 3.8) is 0 Å². The van der Waals surface area contributed by atoms with E-state index in [0.717, 1.165) is 13.2 Å². The Kier molecular flexibility index (Phi) is 27.5. The first kappa shape index (κ1) is 23.2. The zero-order valence-electron chi connectivity index (χ0n) is 15.5. The predicted molar refractivity (Wildman–Crippen MR) is 97.2 cm³/mol. The highest BCUT2D eigenvalue weighted by Crippen LogP contribution is 2.11. The average molecular weight is 302 g/mol. The quantitative estimate of drug-likeness (QED) is 0.377. The summed E-state index contributed by atoms with van der Waals surface area (Å²) in [6, 6.07) is 0. The van der Waals surface area contributed by atoms with Gasteiger partial charge in [-0.05, 0) is 33.9 Å². The van der Waals surface area contributed by atoms with Crippen LogP contribution in [0.1, 0.15) is 97.8 Å². The Hall–Kier alpha value is -0.0800. The van der Waals surface area contributed by atoms with Gasteiger partial charge in [0.05, 0.1) is 0 Å². The summed E-state index contributed by atoms with van der Waals surface area (Å²) in [5, 5.41) is 3.20. The number of rotatable bonds is 15. The van der Waals surface area contributed by atoms with Crippen molar-refractivity contribution in [3.8, 4) is 0 Å². The third kappa shape index (κ3) is 28.7. The van der Waals surface area contributed by atoms with Gasteiger partial charge < -0.3 is 10.1 Å². The van der Waals surface area contributed by atoms with Gasteiger partial charge in [-0.3, -0.25) is 0 Å². The van der Waals surface area contributed by atoms with Gasteiger partial charge in [-0.1, -0.05) is 77.6 Å². The van der Waals surface area contributed by atoms with Gasteiger partial charge in [-0.25, -0.2) is 0 Å². The first-order chi connectivity index (χ1) is 10.3. The van der Waals surface area contributed by atoms with Gasteiger partial charge in [0, 0.05) is 13.2 Å². The number of nitrogens with one attached hydrogen (secondary N) is 1. The van der Waals surface area contributed by atoms with Crippen molar-refractivity contribution in [3.05, 3.63) is 0 Å². The summed E-state index contributed by atoms with van der Waals surface area (Å²) in [6.07, 6.45) is 17.3. The van der Waals surface area contributed by atoms with E-state index in [1.807, 2.05) is 20.9 Å². The topological polar surface area (TPSA) is 21.3 Å². The molecule has 0 fully saturated rings. The molecule has 0 rings (SSSR count). The molecule has 0 bridgehead atoms. The number of ether oxygens (including phenoxy) is 1. The Balaban J connectivity index is 0. The standard InChI is InChI=1S/C15H33N.C4H10O/c1-3-4-5-6-7-8-9-10-11-12-13-14-15-16-2;1-3-5-4-2/h16H,3-15H2,1-2H3;3-4H2,1-2H3. The fourth-order valence-corrected chi connectivity index (χ4v) is 2.35. The van der Waals surface area contributed by atoms with E-state index in [-0.39, 0.29) is 0 Å². The maximum Gasteiger partial charge on any atom is 0.0437 e. The van der Waals surface area contributed by atoms with Crippen LogP contribution in [0.2, 0.25) is 0 Å². The maximum absolute atomic E-state index is 4.83. The van der Waals surface area contributed by atoms with Crippen molar-refractivity contribution >= 4 is 0 Å². The Bertz CT molecular complexity index is 135. The van der Waals surface area contributed by atoms with Crippen LogP contribution in [0.15, 0.2) is 0 Å². The zero-order chi connectivity index (χ0) is 16.0. The summed E-state index contributed by atoms with van der Waals surface area (Å²) < 4.78 is 4.83. The minimum Gasteiger partial charge on any atom is -0.382 e. The molecule has 0 spiro atoms. The van der Waals surface area contributed by atoms with Gasteiger partial charge in [-0.2, -0.15) is 0 Å². The van der Waals surface area contributed by atoms with E-state index >= 15 is 0 Å². The Labute approximate surface area is 135 Å². The normalized spacial score (nSPS) is 10.3. The molecule has 0 unspecified atom stereocenters. The third-order valence-corrected chi connectivity index (χ3v) is 3.69. The van der Waals surface area contributed by atoms with Crippen LogP contribution in [0.5, 0.6) is 0 Å². The second-order valence-electron chi connectivity index (χ2n) is 5.77. The molecule has 0 aromatic heterocycles. The molecule has 0 atom stereocenters. The summed E-state index contributed by atoms with van der Waals surface area (Å²) in [5.74, 6) is 0. The number of hydrogen-bond donors (Lipinski definition) is 1. The summed E-state index contributed by atoms with van der Waals surface area (Å²) in [4.78, 5) is 0. The van der Waals surface area contributed by atoms with E-state index in [1.165, 1.54) is 83.6 Å². The van der Waals surface area contributed by atoms with Crippen molar-refractivity contribution in [1.82, 2.24) is 5.32 Å². The van der Waals surface area contributed by atoms with Gasteiger partial charge >= 0.3 is 0 Å². The van der Waals surface area contributed by atoms with Gasteiger partial charge in [0.15, 0.2) is 0 Å². The second kappa shape index (κ2) is 24.9. The molecule has 1 N–H and O–H groups in total. The van der Waals surface area contributed by atoms with Crippen LogP contribution in [-0.4, -0.2) is 26.8 Å². The summed E-state index contributed by atoms with van der Waals surface area (Å²) in [7, 11) is 2.04. The summed E-state index contributed by atoms with van der Waals surface area (Å²) in [5.41, 5.74) is 0. The first-order valence-electron chi connectivity index (χ1n) is 9.55. The average Bonchev–Trinajstić information content (AvgIpc) is 2.50. The lowest BCUT2D eigenvalue weighted by Crippen LogP contribution is -2.06. The fraction of sp³-hybridized carbons (Fsp3) is 1.00. The molecule has 130 valence electrons. The Morgan fingerprint density at radius 1 is 0.571 bits per heavy atom. The molecule has 0 aliphatic heterocycles. The highest BCUT2D eigenvalue weighted by molar-refractivity contribution is 4.49. The van der Waals surface area contributed by atoms with E-state index in [2.05, 4.69) is 12.2 Å². The molecule has 21 heavy (non-hydrogen) atoms. The van der Waals surface area contributed by atoms with E-state index in [1.54, 1.807) is 0 Å². The molecular weight excluding hydrogens is 258 g/mol. The molecule has 0 amide bonds. The first-order valence-corrected chi connectivity index (χ1v) is 9.55. The highest BCUT2D eigenvalue weighted by atomic mass is 16.5. The van der Waals surface area contributed by atoms with E-state index in [9.17, 15) is 0 Å². The lowest BCUT2D eigenvalue weighted by Gasteiger charge is -2.02. The van der Waals surface area contributed by atoms with Gasteiger partial charge in [0.25, 0.3) is 0 Å². The van der Waals surface area contributed by atoms with E-state index < -0.39 is 0 Å². The number of unbranched alkanes of at least 4 members (excludes halogenated alkanes) is 11. The largest absolute Gasteiger partial charge is 0.382 e. The lowest BCUT2D eigenvalue weighted by molar-refractivity contribution is 0.162. The van der Waals surface area contributed by atoms with Crippen LogP contribution >= 0.6 is 0 Å². The van der Waals surface area contributed by atoms with Crippen molar-refractivity contribution in [2.24, 2.45) is 0 Å². The SMILES string of the molecule is CCCCCCCCCCCCCCNC.CCOCC. The molecule has 2 heteroatoms. The molecule has 0 saturated heterocycles. The van der Waals surface area contributed by atoms with Crippen LogP contribution in [0.4, 0.5) is 0 Å². The van der Waals surface area contributed by atoms with Crippen molar-refractivity contribution < 1.29 is 4.74 Å². The molecule has 2 nitrogen and oxygen atoms in total. The van der Waals surface area contributed by atoms with E-state index in [0.29, 0.717) is 0 Å². The van der Waals surface area contributed by atoms with E-state index in [4.69, 9.17) is 4.74 Å². The van der Waals surface area contributed by atoms with Crippen LogP contribution in [0, 0.1) is 0 Å². The molecular formula is C19H43NO. The zero-order valence-corrected chi connectivity index (χ0v) is 15.5. The van der Waals surface area contributed by atoms with Crippen LogP contribution < -0.4 is 5.32 Å². The molecule has 0 aliphatic carbocycles. The van der Waals surface area contributed by atoms with Crippen molar-refractivity contribution in [2.75, 3.05) is 26.8 Å². The fourth-order valence-electron chi connectivity index (χ4n) is 2.35. The Morgan fingerprint density at radius 2 is 0.952 bits per heavy atom. The molecule has 0 heterocycles. The second-order valence-corrected chi connectivity index (χ2v) is 5.77. The van der Waals surface area contributed by atoms with Crippen LogP contribution in [0.3, 0.4) is 0 Å². The van der Waals surface area contributed by atoms with Crippen molar-refractivity contribution in [1.29, 1.82) is 0 Å². The summed E-state index contributed by atoms with van der Waals surface area (Å²) in [6.45, 7) is 9.14. The summed E-state index contributed by atoms with van der Waals surface area (Å²) >= 11 is 0.